The molecule has 1 aromatic carbocycles. The molecule has 0 saturated heterocycles. The number of allylic oxidation sites excluding steroid dienone is 1. The van der Waals surface area contributed by atoms with Crippen molar-refractivity contribution in [3.63, 3.8) is 0 Å². The summed E-state index contributed by atoms with van der Waals surface area (Å²) in [5.74, 6) is 0. The summed E-state index contributed by atoms with van der Waals surface area (Å²) >= 11 is 0. The molecule has 3 aromatic rings. The fraction of sp³-hybridized carbons (Fsp3) is 0.261. The Kier molecular flexibility index (Phi) is 5.53. The molecular weight excluding hydrogens is 362 g/mol. The first-order valence-electron chi connectivity index (χ1n) is 9.84. The van der Waals surface area contributed by atoms with Crippen molar-refractivity contribution >= 4 is 16.7 Å². The molecule has 1 aliphatic rings. The van der Waals surface area contributed by atoms with Gasteiger partial charge in [0.1, 0.15) is 5.65 Å². The van der Waals surface area contributed by atoms with Crippen molar-refractivity contribution in [1.29, 1.82) is 5.41 Å². The van der Waals surface area contributed by atoms with Crippen molar-refractivity contribution < 1.29 is 0 Å². The smallest absolute Gasteiger partial charge is 0.257 e. The lowest BCUT2D eigenvalue weighted by Gasteiger charge is -2.29. The molecule has 4 rings (SSSR count). The summed E-state index contributed by atoms with van der Waals surface area (Å²) in [5, 5.41) is 12.1. The van der Waals surface area contributed by atoms with E-state index in [0.29, 0.717) is 17.9 Å². The zero-order chi connectivity index (χ0) is 20.2. The molecule has 0 amide bonds. The average molecular weight is 387 g/mol. The summed E-state index contributed by atoms with van der Waals surface area (Å²) in [4.78, 5) is 20.2. The van der Waals surface area contributed by atoms with Crippen molar-refractivity contribution in [3.05, 3.63) is 88.0 Å². The van der Waals surface area contributed by atoms with E-state index >= 15 is 0 Å². The molecule has 6 heteroatoms. The van der Waals surface area contributed by atoms with Crippen LogP contribution in [0, 0.1) is 5.41 Å². The molecule has 2 N–H and O–H groups in total. The Hall–Kier alpha value is -3.25. The monoisotopic (exact) mass is 387 g/mol. The lowest BCUT2D eigenvalue weighted by Crippen LogP contribution is -2.38. The van der Waals surface area contributed by atoms with Crippen molar-refractivity contribution in [2.75, 3.05) is 13.6 Å². The number of nitrogens with zero attached hydrogens (tertiary/aromatic N) is 3. The van der Waals surface area contributed by atoms with Crippen LogP contribution in [0.25, 0.3) is 11.0 Å². The van der Waals surface area contributed by atoms with Crippen LogP contribution in [-0.2, 0) is 26.1 Å². The summed E-state index contributed by atoms with van der Waals surface area (Å²) < 4.78 is 1.64. The van der Waals surface area contributed by atoms with Crippen LogP contribution in [0.5, 0.6) is 0 Å². The van der Waals surface area contributed by atoms with Gasteiger partial charge in [0.25, 0.3) is 5.56 Å². The molecule has 0 aliphatic carbocycles. The fourth-order valence-electron chi connectivity index (χ4n) is 3.95. The molecule has 0 atom stereocenters. The van der Waals surface area contributed by atoms with Gasteiger partial charge in [-0.2, -0.15) is 0 Å². The van der Waals surface area contributed by atoms with Gasteiger partial charge in [0, 0.05) is 43.8 Å². The van der Waals surface area contributed by atoms with Crippen LogP contribution in [0.15, 0.2) is 65.7 Å². The molecule has 0 spiro atoms. The molecule has 0 unspecified atom stereocenters. The Morgan fingerprint density at radius 3 is 2.83 bits per heavy atom. The lowest BCUT2D eigenvalue weighted by molar-refractivity contribution is 0.244. The molecule has 6 nitrogen and oxygen atoms in total. The minimum Gasteiger partial charge on any atom is -0.394 e. The number of benzene rings is 1. The summed E-state index contributed by atoms with van der Waals surface area (Å²) in [6.07, 6.45) is 5.91. The summed E-state index contributed by atoms with van der Waals surface area (Å²) in [6.45, 7) is 2.56. The Morgan fingerprint density at radius 2 is 2.03 bits per heavy atom. The Morgan fingerprint density at radius 1 is 1.21 bits per heavy atom. The fourth-order valence-corrected chi connectivity index (χ4v) is 3.95. The second-order valence-electron chi connectivity index (χ2n) is 7.32. The maximum Gasteiger partial charge on any atom is 0.257 e. The molecule has 0 radical (unpaired) electrons. The molecule has 0 fully saturated rings. The van der Waals surface area contributed by atoms with E-state index in [9.17, 15) is 4.79 Å². The molecule has 29 heavy (non-hydrogen) atoms. The highest BCUT2D eigenvalue weighted by Gasteiger charge is 2.24. The van der Waals surface area contributed by atoms with Gasteiger partial charge in [0.15, 0.2) is 0 Å². The van der Waals surface area contributed by atoms with Gasteiger partial charge >= 0.3 is 0 Å². The van der Waals surface area contributed by atoms with Gasteiger partial charge in [-0.1, -0.05) is 30.3 Å². The predicted molar refractivity (Wildman–Crippen MR) is 116 cm³/mol. The first kappa shape index (κ1) is 19.1. The molecule has 0 saturated carbocycles. The Bertz CT molecular complexity index is 1120. The molecular formula is C23H25N5O. The van der Waals surface area contributed by atoms with Crippen molar-refractivity contribution in [1.82, 2.24) is 19.8 Å². The summed E-state index contributed by atoms with van der Waals surface area (Å²) in [7, 11) is 1.78. The molecule has 2 aromatic heterocycles. The van der Waals surface area contributed by atoms with E-state index in [-0.39, 0.29) is 12.1 Å². The van der Waals surface area contributed by atoms with Gasteiger partial charge in [-0.3, -0.25) is 14.3 Å². The zero-order valence-corrected chi connectivity index (χ0v) is 16.6. The summed E-state index contributed by atoms with van der Waals surface area (Å²) in [6, 6.07) is 14.3. The second kappa shape index (κ2) is 8.41. The minimum absolute atomic E-state index is 0.0356. The molecule has 3 heterocycles. The maximum atomic E-state index is 13.4. The third-order valence-corrected chi connectivity index (χ3v) is 5.32. The topological polar surface area (TPSA) is 74.0 Å². The van der Waals surface area contributed by atoms with E-state index in [1.807, 2.05) is 30.3 Å². The van der Waals surface area contributed by atoms with Gasteiger partial charge in [0.2, 0.25) is 0 Å². The third kappa shape index (κ3) is 3.98. The van der Waals surface area contributed by atoms with Gasteiger partial charge in [0.05, 0.1) is 12.3 Å². The largest absolute Gasteiger partial charge is 0.394 e. The van der Waals surface area contributed by atoms with Gasteiger partial charge in [-0.05, 0) is 42.0 Å². The van der Waals surface area contributed by atoms with Crippen LogP contribution >= 0.6 is 0 Å². The van der Waals surface area contributed by atoms with E-state index in [1.165, 1.54) is 5.56 Å². The second-order valence-corrected chi connectivity index (χ2v) is 7.32. The van der Waals surface area contributed by atoms with Crippen molar-refractivity contribution in [2.45, 2.75) is 26.1 Å². The molecule has 148 valence electrons. The highest BCUT2D eigenvalue weighted by molar-refractivity contribution is 5.93. The number of pyridine rings is 2. The first-order chi connectivity index (χ1) is 14.2. The number of hydrogen-bond donors (Lipinski definition) is 2. The first-order valence-corrected chi connectivity index (χ1v) is 9.84. The number of rotatable bonds is 6. The van der Waals surface area contributed by atoms with E-state index in [0.717, 1.165) is 36.0 Å². The van der Waals surface area contributed by atoms with E-state index < -0.39 is 0 Å². The predicted octanol–water partition coefficient (Wildman–Crippen LogP) is 2.71. The third-order valence-electron chi connectivity index (χ3n) is 5.32. The minimum atomic E-state index is -0.0356. The molecule has 0 bridgehead atoms. The SMILES string of the molecule is CN/C=C\C(=N)Cn1c(=O)c2c(c3cccnc31)CCN(Cc1ccccc1)C2. The normalized spacial score (nSPS) is 14.2. The van der Waals surface area contributed by atoms with Crippen LogP contribution in [-0.4, -0.2) is 33.8 Å². The number of aromatic nitrogens is 2. The Labute approximate surface area is 170 Å². The van der Waals surface area contributed by atoms with E-state index in [1.54, 1.807) is 30.1 Å². The highest BCUT2D eigenvalue weighted by atomic mass is 16.1. The van der Waals surface area contributed by atoms with E-state index in [4.69, 9.17) is 5.41 Å². The van der Waals surface area contributed by atoms with Crippen LogP contribution < -0.4 is 10.9 Å². The Balaban J connectivity index is 1.72. The standard InChI is InChI=1S/C23H25N5O/c1-25-12-9-18(24)15-28-22-20(8-5-11-26-22)19-10-13-27(16-21(19)23(28)29)14-17-6-3-2-4-7-17/h2-9,11-12,24-25H,10,13-16H2,1H3/b12-9-,24-18?. The van der Waals surface area contributed by atoms with Crippen molar-refractivity contribution in [2.24, 2.45) is 0 Å². The van der Waals surface area contributed by atoms with Crippen LogP contribution in [0.3, 0.4) is 0 Å². The van der Waals surface area contributed by atoms with Gasteiger partial charge in [-0.15, -0.1) is 0 Å². The number of fused-ring (bicyclic) bond motifs is 3. The van der Waals surface area contributed by atoms with Gasteiger partial charge < -0.3 is 10.7 Å². The summed E-state index contributed by atoms with van der Waals surface area (Å²) in [5.41, 5.74) is 4.17. The maximum absolute atomic E-state index is 13.4. The number of hydrogen-bond acceptors (Lipinski definition) is 5. The average Bonchev–Trinajstić information content (AvgIpc) is 2.76. The molecule has 1 aliphatic heterocycles. The van der Waals surface area contributed by atoms with Gasteiger partial charge in [-0.25, -0.2) is 4.98 Å². The lowest BCUT2D eigenvalue weighted by atomic mass is 9.97. The van der Waals surface area contributed by atoms with Crippen LogP contribution in [0.1, 0.15) is 16.7 Å². The van der Waals surface area contributed by atoms with Crippen molar-refractivity contribution in [3.8, 4) is 0 Å². The zero-order valence-electron chi connectivity index (χ0n) is 16.6. The highest BCUT2D eigenvalue weighted by Crippen LogP contribution is 2.25. The van der Waals surface area contributed by atoms with E-state index in [2.05, 4.69) is 27.3 Å². The van der Waals surface area contributed by atoms with Crippen LogP contribution in [0.2, 0.25) is 0 Å². The number of nitrogens with one attached hydrogen (secondary N) is 2. The van der Waals surface area contributed by atoms with Crippen LogP contribution in [0.4, 0.5) is 0 Å². The quantitative estimate of drug-likeness (QED) is 0.638.